The van der Waals surface area contributed by atoms with Crippen molar-refractivity contribution in [1.82, 2.24) is 10.3 Å². The topological polar surface area (TPSA) is 34.1 Å². The summed E-state index contributed by atoms with van der Waals surface area (Å²) in [5.74, 6) is 1.19. The zero-order valence-corrected chi connectivity index (χ0v) is 13.3. The molecule has 0 radical (unpaired) electrons. The number of hydrogen-bond acceptors (Lipinski definition) is 4. The molecule has 1 aromatic heterocycles. The van der Waals surface area contributed by atoms with Crippen LogP contribution in [0.2, 0.25) is 0 Å². The lowest BCUT2D eigenvalue weighted by molar-refractivity contribution is 0.0461. The van der Waals surface area contributed by atoms with E-state index < -0.39 is 0 Å². The highest BCUT2D eigenvalue weighted by atomic mass is 32.1. The molecule has 1 aliphatic rings. The first kappa shape index (κ1) is 14.9. The molecule has 19 heavy (non-hydrogen) atoms. The maximum Gasteiger partial charge on any atom is 0.122 e. The summed E-state index contributed by atoms with van der Waals surface area (Å²) in [6.07, 6.45) is 2.83. The van der Waals surface area contributed by atoms with Crippen LogP contribution in [0.15, 0.2) is 0 Å². The molecule has 0 amide bonds. The van der Waals surface area contributed by atoms with Gasteiger partial charge in [-0.1, -0.05) is 20.8 Å². The summed E-state index contributed by atoms with van der Waals surface area (Å²) in [5, 5.41) is 4.61. The molecule has 0 aliphatic heterocycles. The monoisotopic (exact) mass is 282 g/mol. The lowest BCUT2D eigenvalue weighted by atomic mass is 10.1. The van der Waals surface area contributed by atoms with E-state index >= 15 is 0 Å². The number of hydrogen-bond donors (Lipinski definition) is 1. The molecular weight excluding hydrogens is 256 g/mol. The van der Waals surface area contributed by atoms with Crippen molar-refractivity contribution in [2.24, 2.45) is 5.92 Å². The number of rotatable bonds is 8. The number of ether oxygens (including phenoxy) is 1. The largest absolute Gasteiger partial charge is 0.371 e. The third-order valence-corrected chi connectivity index (χ3v) is 4.60. The lowest BCUT2D eigenvalue weighted by Crippen LogP contribution is -2.12. The predicted molar refractivity (Wildman–Crippen MR) is 80.7 cm³/mol. The Morgan fingerprint density at radius 2 is 2.11 bits per heavy atom. The summed E-state index contributed by atoms with van der Waals surface area (Å²) in [6, 6.07) is 0. The molecule has 1 atom stereocenters. The standard InChI is InChI=1S/C15H26N2OS/c1-5-16-9-12-13(10(3)4)17-15(19-12)14(18-6-2)11-7-8-11/h10-11,14,16H,5-9H2,1-4H3. The van der Waals surface area contributed by atoms with E-state index in [1.54, 1.807) is 0 Å². The Kier molecular flexibility index (Phi) is 5.37. The van der Waals surface area contributed by atoms with E-state index in [0.29, 0.717) is 11.8 Å². The van der Waals surface area contributed by atoms with Gasteiger partial charge in [0.1, 0.15) is 11.1 Å². The first-order valence-corrected chi connectivity index (χ1v) is 8.30. The first-order chi connectivity index (χ1) is 9.17. The molecule has 4 heteroatoms. The van der Waals surface area contributed by atoms with Crippen molar-refractivity contribution in [3.63, 3.8) is 0 Å². The lowest BCUT2D eigenvalue weighted by Gasteiger charge is -2.13. The summed E-state index contributed by atoms with van der Waals surface area (Å²) in [6.45, 7) is 11.4. The minimum atomic E-state index is 0.239. The van der Waals surface area contributed by atoms with Crippen LogP contribution in [0.4, 0.5) is 0 Å². The second kappa shape index (κ2) is 6.82. The highest BCUT2D eigenvalue weighted by Crippen LogP contribution is 2.45. The molecule has 1 aromatic rings. The van der Waals surface area contributed by atoms with E-state index in [1.807, 2.05) is 11.3 Å². The number of aromatic nitrogens is 1. The van der Waals surface area contributed by atoms with E-state index in [0.717, 1.165) is 19.7 Å². The van der Waals surface area contributed by atoms with Crippen LogP contribution in [0.5, 0.6) is 0 Å². The zero-order chi connectivity index (χ0) is 13.8. The predicted octanol–water partition coefficient (Wildman–Crippen LogP) is 3.86. The second-order valence-corrected chi connectivity index (χ2v) is 6.62. The molecule has 2 rings (SSSR count). The molecular formula is C15H26N2OS. The minimum absolute atomic E-state index is 0.239. The average molecular weight is 282 g/mol. The Bertz CT molecular complexity index is 399. The van der Waals surface area contributed by atoms with E-state index in [9.17, 15) is 0 Å². The maximum atomic E-state index is 5.93. The number of nitrogens with zero attached hydrogens (tertiary/aromatic N) is 1. The highest BCUT2D eigenvalue weighted by molar-refractivity contribution is 7.11. The van der Waals surface area contributed by atoms with Crippen molar-refractivity contribution in [2.75, 3.05) is 13.2 Å². The Labute approximate surface area is 120 Å². The van der Waals surface area contributed by atoms with Crippen molar-refractivity contribution in [3.8, 4) is 0 Å². The molecule has 108 valence electrons. The first-order valence-electron chi connectivity index (χ1n) is 7.49. The van der Waals surface area contributed by atoms with Crippen LogP contribution in [-0.2, 0) is 11.3 Å². The summed E-state index contributed by atoms with van der Waals surface area (Å²) in [5.41, 5.74) is 1.26. The van der Waals surface area contributed by atoms with Gasteiger partial charge in [-0.05, 0) is 38.1 Å². The number of nitrogens with one attached hydrogen (secondary N) is 1. The van der Waals surface area contributed by atoms with Gasteiger partial charge in [0.25, 0.3) is 0 Å². The van der Waals surface area contributed by atoms with Crippen LogP contribution in [0.3, 0.4) is 0 Å². The van der Waals surface area contributed by atoms with Gasteiger partial charge in [0.2, 0.25) is 0 Å². The SMILES string of the molecule is CCNCc1sc(C(OCC)C2CC2)nc1C(C)C. The van der Waals surface area contributed by atoms with Crippen LogP contribution < -0.4 is 5.32 Å². The normalized spacial score (nSPS) is 17.1. The maximum absolute atomic E-state index is 5.93. The minimum Gasteiger partial charge on any atom is -0.371 e. The van der Waals surface area contributed by atoms with Crippen LogP contribution in [0.1, 0.15) is 68.1 Å². The molecule has 0 aromatic carbocycles. The molecule has 1 unspecified atom stereocenters. The van der Waals surface area contributed by atoms with Gasteiger partial charge in [0, 0.05) is 18.0 Å². The third-order valence-electron chi connectivity index (χ3n) is 3.47. The Hall–Kier alpha value is -0.450. The van der Waals surface area contributed by atoms with Crippen molar-refractivity contribution in [3.05, 3.63) is 15.6 Å². The summed E-state index contributed by atoms with van der Waals surface area (Å²) >= 11 is 1.85. The van der Waals surface area contributed by atoms with Crippen LogP contribution in [-0.4, -0.2) is 18.1 Å². The summed E-state index contributed by atoms with van der Waals surface area (Å²) < 4.78 is 5.93. The zero-order valence-electron chi connectivity index (χ0n) is 12.5. The van der Waals surface area contributed by atoms with E-state index in [-0.39, 0.29) is 6.10 Å². The Morgan fingerprint density at radius 1 is 1.37 bits per heavy atom. The fraction of sp³-hybridized carbons (Fsp3) is 0.800. The smallest absolute Gasteiger partial charge is 0.122 e. The van der Waals surface area contributed by atoms with Gasteiger partial charge in [0.05, 0.1) is 5.69 Å². The molecule has 1 saturated carbocycles. The van der Waals surface area contributed by atoms with Gasteiger partial charge >= 0.3 is 0 Å². The van der Waals surface area contributed by atoms with Crippen molar-refractivity contribution < 1.29 is 4.74 Å². The fourth-order valence-corrected chi connectivity index (χ4v) is 3.64. The van der Waals surface area contributed by atoms with Crippen LogP contribution >= 0.6 is 11.3 Å². The van der Waals surface area contributed by atoms with Crippen LogP contribution in [0.25, 0.3) is 0 Å². The van der Waals surface area contributed by atoms with Gasteiger partial charge < -0.3 is 10.1 Å². The van der Waals surface area contributed by atoms with Gasteiger partial charge in [-0.3, -0.25) is 0 Å². The molecule has 0 saturated heterocycles. The fourth-order valence-electron chi connectivity index (χ4n) is 2.31. The average Bonchev–Trinajstić information content (AvgIpc) is 3.12. The van der Waals surface area contributed by atoms with E-state index in [1.165, 1.54) is 28.4 Å². The third kappa shape index (κ3) is 3.77. The molecule has 0 spiro atoms. The van der Waals surface area contributed by atoms with Crippen molar-refractivity contribution >= 4 is 11.3 Å². The highest BCUT2D eigenvalue weighted by Gasteiger charge is 2.35. The van der Waals surface area contributed by atoms with Crippen molar-refractivity contribution in [1.29, 1.82) is 0 Å². The van der Waals surface area contributed by atoms with Gasteiger partial charge in [0.15, 0.2) is 0 Å². The Morgan fingerprint density at radius 3 is 2.63 bits per heavy atom. The molecule has 1 aliphatic carbocycles. The van der Waals surface area contributed by atoms with E-state index in [4.69, 9.17) is 9.72 Å². The summed E-state index contributed by atoms with van der Waals surface area (Å²) in [7, 11) is 0. The molecule has 3 nitrogen and oxygen atoms in total. The van der Waals surface area contributed by atoms with Crippen molar-refractivity contribution in [2.45, 2.75) is 59.1 Å². The number of thiazole rings is 1. The Balaban J connectivity index is 2.19. The quantitative estimate of drug-likeness (QED) is 0.786. The molecule has 1 N–H and O–H groups in total. The molecule has 0 bridgehead atoms. The molecule has 1 fully saturated rings. The van der Waals surface area contributed by atoms with Gasteiger partial charge in [-0.15, -0.1) is 11.3 Å². The van der Waals surface area contributed by atoms with Gasteiger partial charge in [-0.25, -0.2) is 4.98 Å². The second-order valence-electron chi connectivity index (χ2n) is 5.51. The molecule has 1 heterocycles. The van der Waals surface area contributed by atoms with Crippen LogP contribution in [0, 0.1) is 5.92 Å². The van der Waals surface area contributed by atoms with E-state index in [2.05, 4.69) is 33.0 Å². The summed E-state index contributed by atoms with van der Waals surface area (Å²) in [4.78, 5) is 6.28. The van der Waals surface area contributed by atoms with Gasteiger partial charge in [-0.2, -0.15) is 0 Å².